The molecule has 0 aliphatic rings. The molecule has 1 aromatic carbocycles. The molecule has 0 saturated carbocycles. The van der Waals surface area contributed by atoms with Gasteiger partial charge in [-0.15, -0.1) is 0 Å². The molecule has 0 aromatic heterocycles. The van der Waals surface area contributed by atoms with E-state index in [0.29, 0.717) is 9.99 Å². The highest BCUT2D eigenvalue weighted by molar-refractivity contribution is 14.1. The number of hydrogen-bond acceptors (Lipinski definition) is 1. The van der Waals surface area contributed by atoms with Crippen LogP contribution in [0.1, 0.15) is 11.7 Å². The summed E-state index contributed by atoms with van der Waals surface area (Å²) in [4.78, 5) is 0. The largest absolute Gasteiger partial charge is 0.367 e. The molecule has 0 radical (unpaired) electrons. The van der Waals surface area contributed by atoms with Gasteiger partial charge in [0.25, 0.3) is 6.43 Å². The maximum Gasteiger partial charge on any atom is 0.261 e. The van der Waals surface area contributed by atoms with Crippen molar-refractivity contribution in [2.75, 3.05) is 11.0 Å². The van der Waals surface area contributed by atoms with Crippen LogP contribution in [0.2, 0.25) is 0 Å². The van der Waals surface area contributed by atoms with Crippen LogP contribution in [0, 0.1) is 5.82 Å². The van der Waals surface area contributed by atoms with Gasteiger partial charge in [0.15, 0.2) is 0 Å². The maximum absolute atomic E-state index is 12.6. The molecule has 0 aliphatic carbocycles. The van der Waals surface area contributed by atoms with E-state index in [-0.39, 0.29) is 5.82 Å². The van der Waals surface area contributed by atoms with Crippen molar-refractivity contribution in [3.63, 3.8) is 0 Å². The second kappa shape index (κ2) is 6.32. The monoisotopic (exact) mass is 330 g/mol. The summed E-state index contributed by atoms with van der Waals surface area (Å²) in [6.07, 6.45) is -2.88. The highest BCUT2D eigenvalue weighted by atomic mass is 127. The number of rotatable bonds is 5. The number of benzene rings is 1. The lowest BCUT2D eigenvalue weighted by Crippen LogP contribution is -2.11. The van der Waals surface area contributed by atoms with Gasteiger partial charge in [-0.25, -0.2) is 13.2 Å². The molecule has 1 rings (SSSR count). The Hall–Kier alpha value is -0.300. The molecule has 0 saturated heterocycles. The predicted molar refractivity (Wildman–Crippen MR) is 60.0 cm³/mol. The van der Waals surface area contributed by atoms with Crippen molar-refractivity contribution >= 4 is 22.6 Å². The van der Waals surface area contributed by atoms with Gasteiger partial charge in [-0.2, -0.15) is 0 Å². The molecule has 0 spiro atoms. The molecule has 1 nitrogen and oxygen atoms in total. The van der Waals surface area contributed by atoms with Crippen LogP contribution in [0.4, 0.5) is 13.2 Å². The van der Waals surface area contributed by atoms with Crippen molar-refractivity contribution in [1.29, 1.82) is 0 Å². The lowest BCUT2D eigenvalue weighted by molar-refractivity contribution is -0.0153. The van der Waals surface area contributed by atoms with Crippen LogP contribution in [-0.4, -0.2) is 17.5 Å². The van der Waals surface area contributed by atoms with Crippen molar-refractivity contribution in [2.45, 2.75) is 12.5 Å². The number of ether oxygens (including phenoxy) is 1. The molecule has 1 atom stereocenters. The molecule has 0 amide bonds. The fourth-order valence-electron chi connectivity index (χ4n) is 1.10. The van der Waals surface area contributed by atoms with E-state index >= 15 is 0 Å². The highest BCUT2D eigenvalue weighted by Gasteiger charge is 2.13. The SMILES string of the molecule is Fc1ccc(C(CI)OCC(F)F)cc1. The third kappa shape index (κ3) is 4.38. The van der Waals surface area contributed by atoms with E-state index in [1.807, 2.05) is 22.6 Å². The molecule has 0 aliphatic heterocycles. The van der Waals surface area contributed by atoms with E-state index < -0.39 is 19.1 Å². The maximum atomic E-state index is 12.6. The molecule has 0 bridgehead atoms. The number of halogens is 4. The van der Waals surface area contributed by atoms with Crippen molar-refractivity contribution in [3.8, 4) is 0 Å². The van der Waals surface area contributed by atoms with E-state index in [9.17, 15) is 13.2 Å². The van der Waals surface area contributed by atoms with Crippen LogP contribution in [0.25, 0.3) is 0 Å². The van der Waals surface area contributed by atoms with Gasteiger partial charge in [-0.05, 0) is 17.7 Å². The van der Waals surface area contributed by atoms with Gasteiger partial charge in [0.05, 0.1) is 6.10 Å². The summed E-state index contributed by atoms with van der Waals surface area (Å²) in [5.74, 6) is -0.347. The average molecular weight is 330 g/mol. The molecule has 84 valence electrons. The van der Waals surface area contributed by atoms with Gasteiger partial charge >= 0.3 is 0 Å². The Morgan fingerprint density at radius 1 is 1.20 bits per heavy atom. The minimum atomic E-state index is -2.48. The van der Waals surface area contributed by atoms with Crippen LogP contribution < -0.4 is 0 Å². The molecular formula is C10H10F3IO. The van der Waals surface area contributed by atoms with E-state index in [1.54, 1.807) is 12.1 Å². The van der Waals surface area contributed by atoms with Crippen LogP contribution in [-0.2, 0) is 4.74 Å². The molecule has 1 aromatic rings. The van der Waals surface area contributed by atoms with E-state index in [2.05, 4.69) is 0 Å². The molecule has 0 fully saturated rings. The van der Waals surface area contributed by atoms with Crippen LogP contribution >= 0.6 is 22.6 Å². The summed E-state index contributed by atoms with van der Waals surface area (Å²) >= 11 is 2.04. The lowest BCUT2D eigenvalue weighted by Gasteiger charge is -2.15. The topological polar surface area (TPSA) is 9.23 Å². The Balaban J connectivity index is 2.61. The molecule has 5 heteroatoms. The zero-order valence-electron chi connectivity index (χ0n) is 7.80. The first-order chi connectivity index (χ1) is 7.13. The standard InChI is InChI=1S/C10H10F3IO/c11-8-3-1-7(2-4-8)9(5-14)15-6-10(12)13/h1-4,9-10H,5-6H2. The highest BCUT2D eigenvalue weighted by Crippen LogP contribution is 2.20. The Bertz CT molecular complexity index is 289. The van der Waals surface area contributed by atoms with Crippen LogP contribution in [0.3, 0.4) is 0 Å². The first kappa shape index (κ1) is 12.8. The quantitative estimate of drug-likeness (QED) is 0.592. The molecule has 15 heavy (non-hydrogen) atoms. The van der Waals surface area contributed by atoms with Crippen molar-refractivity contribution in [1.82, 2.24) is 0 Å². The van der Waals surface area contributed by atoms with E-state index in [4.69, 9.17) is 4.74 Å². The Morgan fingerprint density at radius 2 is 1.80 bits per heavy atom. The van der Waals surface area contributed by atoms with Gasteiger partial charge in [0, 0.05) is 4.43 Å². The Labute approximate surface area is 99.8 Å². The van der Waals surface area contributed by atoms with Crippen molar-refractivity contribution in [3.05, 3.63) is 35.6 Å². The van der Waals surface area contributed by atoms with Crippen LogP contribution in [0.5, 0.6) is 0 Å². The molecule has 0 N–H and O–H groups in total. The summed E-state index contributed by atoms with van der Waals surface area (Å²) in [6.45, 7) is -0.592. The zero-order chi connectivity index (χ0) is 11.3. The van der Waals surface area contributed by atoms with Gasteiger partial charge < -0.3 is 4.74 Å². The summed E-state index contributed by atoms with van der Waals surface area (Å²) in [7, 11) is 0. The van der Waals surface area contributed by atoms with Gasteiger partial charge in [0.2, 0.25) is 0 Å². The molecular weight excluding hydrogens is 320 g/mol. The van der Waals surface area contributed by atoms with E-state index in [0.717, 1.165) is 0 Å². The van der Waals surface area contributed by atoms with Gasteiger partial charge in [-0.3, -0.25) is 0 Å². The van der Waals surface area contributed by atoms with Crippen molar-refractivity contribution < 1.29 is 17.9 Å². The second-order valence-electron chi connectivity index (χ2n) is 2.92. The second-order valence-corrected chi connectivity index (χ2v) is 3.80. The first-order valence-corrected chi connectivity index (χ1v) is 5.87. The Morgan fingerprint density at radius 3 is 2.27 bits per heavy atom. The summed E-state index contributed by atoms with van der Waals surface area (Å²) in [5.41, 5.74) is 0.714. The van der Waals surface area contributed by atoms with Gasteiger partial charge in [0.1, 0.15) is 12.4 Å². The normalized spacial score (nSPS) is 13.1. The average Bonchev–Trinajstić information content (AvgIpc) is 2.21. The fraction of sp³-hybridized carbons (Fsp3) is 0.400. The fourth-order valence-corrected chi connectivity index (χ4v) is 1.86. The third-order valence-corrected chi connectivity index (χ3v) is 2.61. The molecule has 0 heterocycles. The first-order valence-electron chi connectivity index (χ1n) is 4.34. The van der Waals surface area contributed by atoms with Gasteiger partial charge in [-0.1, -0.05) is 34.7 Å². The zero-order valence-corrected chi connectivity index (χ0v) is 9.96. The number of hydrogen-bond donors (Lipinski definition) is 0. The molecule has 1 unspecified atom stereocenters. The Kier molecular flexibility index (Phi) is 5.38. The minimum absolute atomic E-state index is 0.347. The summed E-state index contributed by atoms with van der Waals surface area (Å²) < 4.78 is 42.0. The smallest absolute Gasteiger partial charge is 0.261 e. The number of alkyl halides is 3. The van der Waals surface area contributed by atoms with Crippen LogP contribution in [0.15, 0.2) is 24.3 Å². The van der Waals surface area contributed by atoms with Crippen molar-refractivity contribution in [2.24, 2.45) is 0 Å². The predicted octanol–water partition coefficient (Wildman–Crippen LogP) is 3.58. The van der Waals surface area contributed by atoms with E-state index in [1.165, 1.54) is 12.1 Å². The minimum Gasteiger partial charge on any atom is -0.367 e. The lowest BCUT2D eigenvalue weighted by atomic mass is 10.1. The summed E-state index contributed by atoms with van der Waals surface area (Å²) in [6, 6.07) is 5.68. The summed E-state index contributed by atoms with van der Waals surface area (Å²) in [5, 5.41) is 0. The third-order valence-electron chi connectivity index (χ3n) is 1.81.